The van der Waals surface area contributed by atoms with Gasteiger partial charge in [-0.25, -0.2) is 0 Å². The summed E-state index contributed by atoms with van der Waals surface area (Å²) in [6.45, 7) is 10.1. The number of aromatic nitrogens is 1. The maximum Gasteiger partial charge on any atom is 0.0705 e. The van der Waals surface area contributed by atoms with Gasteiger partial charge >= 0.3 is 0 Å². The monoisotopic (exact) mass is 302 g/mol. The number of rotatable bonds is 6. The van der Waals surface area contributed by atoms with Crippen molar-refractivity contribution in [1.29, 1.82) is 0 Å². The minimum absolute atomic E-state index is 0.287. The first kappa shape index (κ1) is 16.3. The molecule has 0 fully saturated rings. The number of thioether (sulfide) groups is 1. The first-order valence-electron chi connectivity index (χ1n) is 7.72. The number of pyridine rings is 1. The first-order chi connectivity index (χ1) is 10.0. The molecule has 114 valence electrons. The zero-order valence-corrected chi connectivity index (χ0v) is 14.3. The fraction of sp³-hybridized carbons (Fsp3) is 0.500. The number of hydrogen-bond acceptors (Lipinski definition) is 3. The second-order valence-electron chi connectivity index (χ2n) is 6.35. The average molecular weight is 302 g/mol. The van der Waals surface area contributed by atoms with Gasteiger partial charge in [-0.05, 0) is 30.7 Å². The van der Waals surface area contributed by atoms with E-state index < -0.39 is 0 Å². The molecule has 1 aromatic heterocycles. The molecule has 0 aliphatic heterocycles. The molecule has 0 bridgehead atoms. The van der Waals surface area contributed by atoms with Gasteiger partial charge in [0.1, 0.15) is 0 Å². The van der Waals surface area contributed by atoms with E-state index in [0.29, 0.717) is 6.04 Å². The van der Waals surface area contributed by atoms with Crippen LogP contribution in [0.15, 0.2) is 36.5 Å². The van der Waals surface area contributed by atoms with Crippen molar-refractivity contribution in [1.82, 2.24) is 10.3 Å². The van der Waals surface area contributed by atoms with Gasteiger partial charge in [-0.1, -0.05) is 45.9 Å². The van der Waals surface area contributed by atoms with E-state index in [-0.39, 0.29) is 4.75 Å². The van der Waals surface area contributed by atoms with Gasteiger partial charge in [-0.15, -0.1) is 0 Å². The number of benzene rings is 1. The van der Waals surface area contributed by atoms with Gasteiger partial charge in [-0.2, -0.15) is 11.8 Å². The van der Waals surface area contributed by atoms with Crippen LogP contribution in [0.4, 0.5) is 0 Å². The van der Waals surface area contributed by atoms with E-state index in [1.54, 1.807) is 0 Å². The van der Waals surface area contributed by atoms with Crippen LogP contribution in [0.3, 0.4) is 0 Å². The van der Waals surface area contributed by atoms with Crippen LogP contribution in [0.25, 0.3) is 10.9 Å². The van der Waals surface area contributed by atoms with Gasteiger partial charge in [0.2, 0.25) is 0 Å². The third kappa shape index (κ3) is 4.72. The van der Waals surface area contributed by atoms with E-state index in [4.69, 9.17) is 0 Å². The molecule has 1 heterocycles. The molecular weight excluding hydrogens is 276 g/mol. The molecule has 0 saturated carbocycles. The van der Waals surface area contributed by atoms with Gasteiger partial charge in [0.05, 0.1) is 5.52 Å². The summed E-state index contributed by atoms with van der Waals surface area (Å²) >= 11 is 2.01. The maximum atomic E-state index is 4.48. The Morgan fingerprint density at radius 1 is 1.19 bits per heavy atom. The van der Waals surface area contributed by atoms with Gasteiger partial charge in [0.25, 0.3) is 0 Å². The fourth-order valence-corrected chi connectivity index (χ4v) is 3.31. The van der Waals surface area contributed by atoms with Gasteiger partial charge in [0.15, 0.2) is 0 Å². The predicted molar refractivity (Wildman–Crippen MR) is 95.0 cm³/mol. The quantitative estimate of drug-likeness (QED) is 0.829. The molecule has 0 aliphatic carbocycles. The van der Waals surface area contributed by atoms with Gasteiger partial charge < -0.3 is 5.32 Å². The lowest BCUT2D eigenvalue weighted by atomic mass is 10.0. The summed E-state index contributed by atoms with van der Waals surface area (Å²) in [7, 11) is 0. The molecule has 0 amide bonds. The topological polar surface area (TPSA) is 24.9 Å². The zero-order valence-electron chi connectivity index (χ0n) is 13.5. The molecule has 0 spiro atoms. The molecule has 1 aromatic carbocycles. The lowest BCUT2D eigenvalue weighted by Crippen LogP contribution is -2.26. The minimum Gasteiger partial charge on any atom is -0.309 e. The van der Waals surface area contributed by atoms with Crippen molar-refractivity contribution in [2.75, 3.05) is 12.3 Å². The molecule has 0 saturated heterocycles. The highest BCUT2D eigenvalue weighted by atomic mass is 32.2. The maximum absolute atomic E-state index is 4.48. The van der Waals surface area contributed by atoms with Crippen LogP contribution in [0.2, 0.25) is 0 Å². The zero-order chi connectivity index (χ0) is 15.3. The smallest absolute Gasteiger partial charge is 0.0705 e. The molecule has 2 nitrogen and oxygen atoms in total. The van der Waals surface area contributed by atoms with E-state index in [1.165, 1.54) is 10.9 Å². The van der Waals surface area contributed by atoms with Crippen LogP contribution in [0, 0.1) is 0 Å². The molecular formula is C18H26N2S. The van der Waals surface area contributed by atoms with Crippen molar-refractivity contribution in [3.8, 4) is 0 Å². The summed E-state index contributed by atoms with van der Waals surface area (Å²) in [4.78, 5) is 4.48. The minimum atomic E-state index is 0.287. The summed E-state index contributed by atoms with van der Waals surface area (Å²) in [5.74, 6) is 1.08. The molecule has 2 rings (SSSR count). The second-order valence-corrected chi connectivity index (χ2v) is 8.19. The van der Waals surface area contributed by atoms with Crippen molar-refractivity contribution in [2.45, 2.75) is 44.9 Å². The standard InChI is InChI=1S/C18H26N2S/c1-5-11-19-17(13-21-18(2,3)4)15-8-6-10-16-14(15)9-7-12-20-16/h6-10,12,17,19H,5,11,13H2,1-4H3. The molecule has 1 unspecified atom stereocenters. The number of hydrogen-bond donors (Lipinski definition) is 1. The average Bonchev–Trinajstić information content (AvgIpc) is 2.46. The van der Waals surface area contributed by atoms with Crippen LogP contribution < -0.4 is 5.32 Å². The molecule has 21 heavy (non-hydrogen) atoms. The van der Waals surface area contributed by atoms with Crippen LogP contribution >= 0.6 is 11.8 Å². The summed E-state index contributed by atoms with van der Waals surface area (Å²) in [6, 6.07) is 11.0. The van der Waals surface area contributed by atoms with E-state index in [1.807, 2.05) is 24.0 Å². The van der Waals surface area contributed by atoms with Gasteiger partial charge in [-0.3, -0.25) is 4.98 Å². The van der Waals surface area contributed by atoms with Crippen molar-refractivity contribution in [2.24, 2.45) is 0 Å². The lowest BCUT2D eigenvalue weighted by molar-refractivity contribution is 0.578. The van der Waals surface area contributed by atoms with Crippen LogP contribution in [0.1, 0.15) is 45.7 Å². The molecule has 0 radical (unpaired) electrons. The molecule has 2 aromatic rings. The number of fused-ring (bicyclic) bond motifs is 1. The Kier molecular flexibility index (Phi) is 5.65. The Morgan fingerprint density at radius 2 is 2.00 bits per heavy atom. The van der Waals surface area contributed by atoms with Crippen molar-refractivity contribution in [3.05, 3.63) is 42.1 Å². The highest BCUT2D eigenvalue weighted by Gasteiger charge is 2.18. The summed E-state index contributed by atoms with van der Waals surface area (Å²) in [6.07, 6.45) is 3.02. The number of nitrogens with one attached hydrogen (secondary N) is 1. The Morgan fingerprint density at radius 3 is 2.71 bits per heavy atom. The highest BCUT2D eigenvalue weighted by Crippen LogP contribution is 2.31. The summed E-state index contributed by atoms with van der Waals surface area (Å²) < 4.78 is 0.287. The lowest BCUT2D eigenvalue weighted by Gasteiger charge is -2.25. The van der Waals surface area contributed by atoms with Gasteiger partial charge in [0, 0.05) is 28.1 Å². The predicted octanol–water partition coefficient (Wildman–Crippen LogP) is 4.81. The fourth-order valence-electron chi connectivity index (χ4n) is 2.34. The van der Waals surface area contributed by atoms with E-state index in [2.05, 4.69) is 62.3 Å². The first-order valence-corrected chi connectivity index (χ1v) is 8.71. The Labute approximate surface area is 132 Å². The third-order valence-corrected chi connectivity index (χ3v) is 4.74. The number of nitrogens with zero attached hydrogens (tertiary/aromatic N) is 1. The molecule has 3 heteroatoms. The van der Waals surface area contributed by atoms with Crippen molar-refractivity contribution < 1.29 is 0 Å². The van der Waals surface area contributed by atoms with Crippen molar-refractivity contribution in [3.63, 3.8) is 0 Å². The molecule has 1 N–H and O–H groups in total. The van der Waals surface area contributed by atoms with Crippen LogP contribution in [0.5, 0.6) is 0 Å². The summed E-state index contributed by atoms with van der Waals surface area (Å²) in [5, 5.41) is 4.97. The SMILES string of the molecule is CCCNC(CSC(C)(C)C)c1cccc2ncccc12. The van der Waals surface area contributed by atoms with Crippen LogP contribution in [-0.2, 0) is 0 Å². The Balaban J connectivity index is 2.29. The second kappa shape index (κ2) is 7.28. The molecule has 0 aliphatic rings. The van der Waals surface area contributed by atoms with E-state index >= 15 is 0 Å². The summed E-state index contributed by atoms with van der Waals surface area (Å²) in [5.41, 5.74) is 2.45. The van der Waals surface area contributed by atoms with E-state index in [0.717, 1.165) is 24.2 Å². The largest absolute Gasteiger partial charge is 0.309 e. The van der Waals surface area contributed by atoms with Crippen LogP contribution in [-0.4, -0.2) is 22.0 Å². The Hall–Kier alpha value is -1.06. The van der Waals surface area contributed by atoms with E-state index in [9.17, 15) is 0 Å². The normalized spacial score (nSPS) is 13.5. The third-order valence-electron chi connectivity index (χ3n) is 3.38. The Bertz CT molecular complexity index is 569. The highest BCUT2D eigenvalue weighted by molar-refractivity contribution is 8.00. The van der Waals surface area contributed by atoms with Crippen molar-refractivity contribution >= 4 is 22.7 Å². The molecule has 1 atom stereocenters.